The number of aryl methyl sites for hydroxylation is 2. The minimum absolute atomic E-state index is 0.318. The molecule has 20 heavy (non-hydrogen) atoms. The van der Waals surface area contributed by atoms with Crippen LogP contribution in [0.5, 0.6) is 0 Å². The number of hydrogen-bond donors (Lipinski definition) is 0. The Balaban J connectivity index is 3.28. The van der Waals surface area contributed by atoms with Gasteiger partial charge in [-0.25, -0.2) is 4.79 Å². The number of carbonyl (C=O) groups is 3. The second-order valence-corrected chi connectivity index (χ2v) is 4.58. The molecule has 0 aromatic heterocycles. The predicted octanol–water partition coefficient (Wildman–Crippen LogP) is 2.08. The number of hydrogen-bond acceptors (Lipinski definition) is 5. The van der Waals surface area contributed by atoms with Gasteiger partial charge < -0.3 is 9.47 Å². The number of carbonyl (C=O) groups excluding carboxylic acids is 3. The number of rotatable bonds is 4. The Kier molecular flexibility index (Phi) is 5.02. The Morgan fingerprint density at radius 2 is 1.50 bits per heavy atom. The van der Waals surface area contributed by atoms with Crippen molar-refractivity contribution in [3.05, 3.63) is 34.4 Å². The van der Waals surface area contributed by atoms with Crippen molar-refractivity contribution in [1.82, 2.24) is 0 Å². The Bertz CT molecular complexity index is 560. The van der Waals surface area contributed by atoms with Crippen LogP contribution in [0, 0.1) is 19.8 Å². The van der Waals surface area contributed by atoms with Crippen LogP contribution in [-0.2, 0) is 14.3 Å². The highest BCUT2D eigenvalue weighted by Crippen LogP contribution is 2.20. The first-order chi connectivity index (χ1) is 9.33. The lowest BCUT2D eigenvalue weighted by Gasteiger charge is -2.13. The molecule has 1 aromatic carbocycles. The van der Waals surface area contributed by atoms with Crippen LogP contribution in [0.25, 0.3) is 0 Å². The van der Waals surface area contributed by atoms with E-state index in [1.165, 1.54) is 27.2 Å². The number of ketones is 1. The van der Waals surface area contributed by atoms with Crippen molar-refractivity contribution < 1.29 is 23.9 Å². The summed E-state index contributed by atoms with van der Waals surface area (Å²) in [4.78, 5) is 35.4. The number of ether oxygens (including phenoxy) is 2. The minimum Gasteiger partial charge on any atom is -0.468 e. The summed E-state index contributed by atoms with van der Waals surface area (Å²) in [6.45, 7) is 4.99. The lowest BCUT2D eigenvalue weighted by molar-refractivity contribution is -0.143. The fraction of sp³-hybridized carbons (Fsp3) is 0.400. The molecular weight excluding hydrogens is 260 g/mol. The topological polar surface area (TPSA) is 69.7 Å². The zero-order valence-corrected chi connectivity index (χ0v) is 12.3. The molecule has 0 aliphatic carbocycles. The molecule has 108 valence electrons. The van der Waals surface area contributed by atoms with Crippen LogP contribution in [-0.4, -0.2) is 31.9 Å². The van der Waals surface area contributed by atoms with Crippen LogP contribution in [0.2, 0.25) is 0 Å². The number of benzene rings is 1. The fourth-order valence-electron chi connectivity index (χ4n) is 1.96. The van der Waals surface area contributed by atoms with Crippen molar-refractivity contribution >= 4 is 17.7 Å². The molecule has 1 unspecified atom stereocenters. The zero-order chi connectivity index (χ0) is 15.4. The molecule has 1 atom stereocenters. The van der Waals surface area contributed by atoms with Gasteiger partial charge in [0.25, 0.3) is 0 Å². The first-order valence-electron chi connectivity index (χ1n) is 6.15. The molecule has 0 heterocycles. The van der Waals surface area contributed by atoms with Crippen LogP contribution in [0.1, 0.15) is 38.8 Å². The van der Waals surface area contributed by atoms with Gasteiger partial charge in [-0.3, -0.25) is 9.59 Å². The maximum absolute atomic E-state index is 12.3. The quantitative estimate of drug-likeness (QED) is 0.479. The van der Waals surface area contributed by atoms with E-state index in [4.69, 9.17) is 0 Å². The molecule has 0 saturated carbocycles. The first kappa shape index (κ1) is 15.9. The van der Waals surface area contributed by atoms with E-state index >= 15 is 0 Å². The van der Waals surface area contributed by atoms with Gasteiger partial charge in [0, 0.05) is 5.56 Å². The summed E-state index contributed by atoms with van der Waals surface area (Å²) in [6.07, 6.45) is 0. The summed E-state index contributed by atoms with van der Waals surface area (Å²) in [5.74, 6) is -2.40. The van der Waals surface area contributed by atoms with Crippen molar-refractivity contribution in [1.29, 1.82) is 0 Å². The van der Waals surface area contributed by atoms with E-state index in [9.17, 15) is 14.4 Å². The van der Waals surface area contributed by atoms with E-state index in [2.05, 4.69) is 9.47 Å². The average Bonchev–Trinajstić information content (AvgIpc) is 2.44. The third-order valence-electron chi connectivity index (χ3n) is 3.19. The van der Waals surface area contributed by atoms with Gasteiger partial charge >= 0.3 is 11.9 Å². The molecule has 1 aromatic rings. The van der Waals surface area contributed by atoms with Gasteiger partial charge in [0.05, 0.1) is 19.8 Å². The highest BCUT2D eigenvalue weighted by atomic mass is 16.5. The molecule has 1 rings (SSSR count). The molecule has 0 aliphatic heterocycles. The van der Waals surface area contributed by atoms with E-state index in [-0.39, 0.29) is 5.78 Å². The zero-order valence-electron chi connectivity index (χ0n) is 12.3. The molecule has 0 spiro atoms. The monoisotopic (exact) mass is 278 g/mol. The van der Waals surface area contributed by atoms with Crippen molar-refractivity contribution in [3.8, 4) is 0 Å². The van der Waals surface area contributed by atoms with Crippen LogP contribution in [0.15, 0.2) is 12.1 Å². The molecule has 5 nitrogen and oxygen atoms in total. The van der Waals surface area contributed by atoms with Gasteiger partial charge in [0.2, 0.25) is 0 Å². The van der Waals surface area contributed by atoms with Gasteiger partial charge in [0.15, 0.2) is 5.78 Å². The second kappa shape index (κ2) is 6.32. The second-order valence-electron chi connectivity index (χ2n) is 4.58. The Morgan fingerprint density at radius 1 is 0.950 bits per heavy atom. The third-order valence-corrected chi connectivity index (χ3v) is 3.19. The van der Waals surface area contributed by atoms with Gasteiger partial charge in [-0.2, -0.15) is 0 Å². The van der Waals surface area contributed by atoms with Gasteiger partial charge in [0.1, 0.15) is 5.92 Å². The molecule has 5 heteroatoms. The van der Waals surface area contributed by atoms with Crippen LogP contribution < -0.4 is 0 Å². The van der Waals surface area contributed by atoms with E-state index in [1.54, 1.807) is 19.9 Å². The lowest BCUT2D eigenvalue weighted by atomic mass is 9.92. The molecule has 0 aliphatic rings. The summed E-state index contributed by atoms with van der Waals surface area (Å²) in [6, 6.07) is 3.20. The summed E-state index contributed by atoms with van der Waals surface area (Å²) >= 11 is 0. The Labute approximate surface area is 117 Å². The molecular formula is C15H18O5. The first-order valence-corrected chi connectivity index (χ1v) is 6.15. The molecule has 0 bridgehead atoms. The number of esters is 2. The third kappa shape index (κ3) is 3.04. The number of Topliss-reactive ketones (excluding diaryl/α,β-unsaturated/α-hetero) is 1. The summed E-state index contributed by atoms with van der Waals surface area (Å²) in [5, 5.41) is 0. The highest BCUT2D eigenvalue weighted by molar-refractivity contribution is 6.10. The molecule has 0 N–H and O–H groups in total. The van der Waals surface area contributed by atoms with E-state index in [1.807, 2.05) is 0 Å². The van der Waals surface area contributed by atoms with Crippen molar-refractivity contribution in [2.45, 2.75) is 20.8 Å². The summed E-state index contributed by atoms with van der Waals surface area (Å²) in [7, 11) is 2.51. The van der Waals surface area contributed by atoms with Crippen molar-refractivity contribution in [2.24, 2.45) is 5.92 Å². The largest absolute Gasteiger partial charge is 0.468 e. The Morgan fingerprint density at radius 3 is 2.00 bits per heavy atom. The smallest absolute Gasteiger partial charge is 0.338 e. The fourth-order valence-corrected chi connectivity index (χ4v) is 1.96. The predicted molar refractivity (Wildman–Crippen MR) is 72.8 cm³/mol. The molecule has 0 amide bonds. The summed E-state index contributed by atoms with van der Waals surface area (Å²) in [5.41, 5.74) is 2.07. The normalized spacial score (nSPS) is 11.7. The van der Waals surface area contributed by atoms with Crippen molar-refractivity contribution in [3.63, 3.8) is 0 Å². The average molecular weight is 278 g/mol. The van der Waals surface area contributed by atoms with Gasteiger partial charge in [-0.1, -0.05) is 6.07 Å². The van der Waals surface area contributed by atoms with Crippen LogP contribution in [0.4, 0.5) is 0 Å². The van der Waals surface area contributed by atoms with E-state index in [0.29, 0.717) is 16.7 Å². The van der Waals surface area contributed by atoms with Crippen LogP contribution in [0.3, 0.4) is 0 Å². The SMILES string of the molecule is COC(=O)c1cc(C(=O)C(C)C(=O)OC)c(C)cc1C. The van der Waals surface area contributed by atoms with E-state index in [0.717, 1.165) is 5.56 Å². The van der Waals surface area contributed by atoms with Crippen molar-refractivity contribution in [2.75, 3.05) is 14.2 Å². The highest BCUT2D eigenvalue weighted by Gasteiger charge is 2.26. The summed E-state index contributed by atoms with van der Waals surface area (Å²) < 4.78 is 9.24. The number of methoxy groups -OCH3 is 2. The molecule has 0 saturated heterocycles. The molecule has 0 radical (unpaired) electrons. The van der Waals surface area contributed by atoms with Crippen LogP contribution >= 0.6 is 0 Å². The lowest BCUT2D eigenvalue weighted by Crippen LogP contribution is -2.23. The Hall–Kier alpha value is -2.17. The molecule has 0 fully saturated rings. The van der Waals surface area contributed by atoms with Gasteiger partial charge in [-0.15, -0.1) is 0 Å². The maximum atomic E-state index is 12.3. The van der Waals surface area contributed by atoms with Gasteiger partial charge in [-0.05, 0) is 38.0 Å². The maximum Gasteiger partial charge on any atom is 0.338 e. The standard InChI is InChI=1S/C15H18O5/c1-8-6-9(2)12(15(18)20-5)7-11(8)13(16)10(3)14(17)19-4/h6-7,10H,1-5H3. The minimum atomic E-state index is -0.910. The van der Waals surface area contributed by atoms with E-state index < -0.39 is 17.9 Å².